The molecular weight excluding hydrogens is 318 g/mol. The first-order valence-corrected chi connectivity index (χ1v) is 7.89. The summed E-state index contributed by atoms with van der Waals surface area (Å²) < 4.78 is 10.6. The average molecular weight is 337 g/mol. The van der Waals surface area contributed by atoms with Gasteiger partial charge < -0.3 is 9.15 Å². The molecule has 1 aromatic heterocycles. The van der Waals surface area contributed by atoms with Crippen LogP contribution in [0, 0.1) is 13.8 Å². The molecule has 6 heteroatoms. The molecule has 0 saturated heterocycles. The van der Waals surface area contributed by atoms with Gasteiger partial charge in [0.1, 0.15) is 5.75 Å². The van der Waals surface area contributed by atoms with Gasteiger partial charge in [0.15, 0.2) is 0 Å². The third kappa shape index (κ3) is 4.03. The van der Waals surface area contributed by atoms with Crippen LogP contribution in [0.2, 0.25) is 0 Å². The van der Waals surface area contributed by atoms with Crippen molar-refractivity contribution in [3.63, 3.8) is 0 Å². The van der Waals surface area contributed by atoms with E-state index in [1.165, 1.54) is 11.1 Å². The summed E-state index contributed by atoms with van der Waals surface area (Å²) in [5.41, 5.74) is 3.98. The normalized spacial score (nSPS) is 10.5. The number of amides is 1. The number of aromatic nitrogens is 2. The van der Waals surface area contributed by atoms with Crippen LogP contribution < -0.4 is 10.1 Å². The summed E-state index contributed by atoms with van der Waals surface area (Å²) in [7, 11) is 1.55. The Labute approximate surface area is 145 Å². The third-order valence-electron chi connectivity index (χ3n) is 3.95. The average Bonchev–Trinajstić information content (AvgIpc) is 3.05. The predicted molar refractivity (Wildman–Crippen MR) is 94.0 cm³/mol. The predicted octanol–water partition coefficient (Wildman–Crippen LogP) is 3.54. The lowest BCUT2D eigenvalue weighted by atomic mass is 10.0. The lowest BCUT2D eigenvalue weighted by molar-refractivity contribution is 0.102. The van der Waals surface area contributed by atoms with Crippen molar-refractivity contribution in [2.75, 3.05) is 12.4 Å². The Kier molecular flexibility index (Phi) is 4.79. The van der Waals surface area contributed by atoms with E-state index in [1.807, 2.05) is 6.07 Å². The highest BCUT2D eigenvalue weighted by Gasteiger charge is 2.13. The summed E-state index contributed by atoms with van der Waals surface area (Å²) in [6, 6.07) is 13.1. The highest BCUT2D eigenvalue weighted by atomic mass is 16.5. The number of hydrogen-bond acceptors (Lipinski definition) is 5. The summed E-state index contributed by atoms with van der Waals surface area (Å²) in [4.78, 5) is 12.2. The maximum Gasteiger partial charge on any atom is 0.322 e. The zero-order valence-corrected chi connectivity index (χ0v) is 14.4. The van der Waals surface area contributed by atoms with Gasteiger partial charge in [0, 0.05) is 5.56 Å². The van der Waals surface area contributed by atoms with Crippen molar-refractivity contribution in [1.29, 1.82) is 0 Å². The van der Waals surface area contributed by atoms with E-state index in [1.54, 1.807) is 31.4 Å². The summed E-state index contributed by atoms with van der Waals surface area (Å²) in [5, 5.41) is 10.5. The zero-order valence-electron chi connectivity index (χ0n) is 14.4. The zero-order chi connectivity index (χ0) is 17.8. The fraction of sp³-hybridized carbons (Fsp3) is 0.211. The van der Waals surface area contributed by atoms with E-state index in [4.69, 9.17) is 9.15 Å². The second-order valence-corrected chi connectivity index (χ2v) is 5.78. The second kappa shape index (κ2) is 7.17. The molecule has 25 heavy (non-hydrogen) atoms. The largest absolute Gasteiger partial charge is 0.497 e. The molecule has 2 aromatic carbocycles. The van der Waals surface area contributed by atoms with Crippen LogP contribution in [0.1, 0.15) is 32.9 Å². The molecule has 0 spiro atoms. The van der Waals surface area contributed by atoms with Crippen LogP contribution >= 0.6 is 0 Å². The molecule has 0 unspecified atom stereocenters. The summed E-state index contributed by atoms with van der Waals surface area (Å²) in [6.07, 6.45) is 0.517. The quantitative estimate of drug-likeness (QED) is 0.770. The van der Waals surface area contributed by atoms with Crippen molar-refractivity contribution >= 4 is 11.9 Å². The molecule has 6 nitrogen and oxygen atoms in total. The van der Waals surface area contributed by atoms with E-state index >= 15 is 0 Å². The molecule has 3 aromatic rings. The molecule has 0 fully saturated rings. The second-order valence-electron chi connectivity index (χ2n) is 5.78. The van der Waals surface area contributed by atoms with Gasteiger partial charge in [-0.2, -0.15) is 0 Å². The monoisotopic (exact) mass is 337 g/mol. The number of hydrogen-bond donors (Lipinski definition) is 1. The van der Waals surface area contributed by atoms with Crippen LogP contribution in [-0.4, -0.2) is 23.2 Å². The first kappa shape index (κ1) is 16.7. The molecule has 1 N–H and O–H groups in total. The molecule has 0 bridgehead atoms. The molecular formula is C19H19N3O3. The first-order valence-electron chi connectivity index (χ1n) is 7.89. The summed E-state index contributed by atoms with van der Waals surface area (Å²) in [5.74, 6) is 0.720. The lowest BCUT2D eigenvalue weighted by Crippen LogP contribution is -2.12. The van der Waals surface area contributed by atoms with Crippen LogP contribution in [-0.2, 0) is 6.42 Å². The maximum absolute atomic E-state index is 12.2. The van der Waals surface area contributed by atoms with E-state index in [0.717, 1.165) is 5.56 Å². The van der Waals surface area contributed by atoms with Gasteiger partial charge in [-0.3, -0.25) is 10.1 Å². The lowest BCUT2D eigenvalue weighted by Gasteiger charge is -2.03. The van der Waals surface area contributed by atoms with Crippen molar-refractivity contribution in [1.82, 2.24) is 10.2 Å². The molecule has 1 heterocycles. The Bertz CT molecular complexity index is 902. The van der Waals surface area contributed by atoms with Gasteiger partial charge in [-0.25, -0.2) is 0 Å². The summed E-state index contributed by atoms with van der Waals surface area (Å²) >= 11 is 0. The van der Waals surface area contributed by atoms with E-state index in [9.17, 15) is 4.79 Å². The van der Waals surface area contributed by atoms with Gasteiger partial charge >= 0.3 is 6.01 Å². The number of aryl methyl sites for hydroxylation is 2. The minimum Gasteiger partial charge on any atom is -0.497 e. The van der Waals surface area contributed by atoms with Gasteiger partial charge in [-0.15, -0.1) is 5.10 Å². The Balaban J connectivity index is 1.68. The Hall–Kier alpha value is -3.15. The third-order valence-corrected chi connectivity index (χ3v) is 3.95. The highest BCUT2D eigenvalue weighted by Crippen LogP contribution is 2.17. The van der Waals surface area contributed by atoms with Crippen molar-refractivity contribution in [2.45, 2.75) is 20.3 Å². The van der Waals surface area contributed by atoms with E-state index < -0.39 is 0 Å². The van der Waals surface area contributed by atoms with E-state index in [0.29, 0.717) is 23.6 Å². The Morgan fingerprint density at radius 1 is 1.12 bits per heavy atom. The minimum absolute atomic E-state index is 0.0756. The number of carbonyl (C=O) groups excluding carboxylic acids is 1. The topological polar surface area (TPSA) is 77.2 Å². The molecule has 0 radical (unpaired) electrons. The molecule has 0 aliphatic carbocycles. The number of anilines is 1. The number of ether oxygens (including phenoxy) is 1. The smallest absolute Gasteiger partial charge is 0.322 e. The number of benzene rings is 2. The molecule has 0 atom stereocenters. The number of carbonyl (C=O) groups is 1. The number of nitrogens with zero attached hydrogens (tertiary/aromatic N) is 2. The van der Waals surface area contributed by atoms with Gasteiger partial charge in [0.2, 0.25) is 5.89 Å². The van der Waals surface area contributed by atoms with Crippen LogP contribution in [0.15, 0.2) is 46.9 Å². The standard InChI is InChI=1S/C19H19N3O3/c1-12-7-8-14(9-13(12)2)10-17-21-22-19(25-17)20-18(23)15-5-4-6-16(11-15)24-3/h4-9,11H,10H2,1-3H3,(H,20,22,23). The molecule has 0 aliphatic heterocycles. The molecule has 128 valence electrons. The maximum atomic E-state index is 12.2. The van der Waals surface area contributed by atoms with Crippen LogP contribution in [0.4, 0.5) is 6.01 Å². The number of nitrogens with one attached hydrogen (secondary N) is 1. The minimum atomic E-state index is -0.333. The molecule has 0 aliphatic rings. The SMILES string of the molecule is COc1cccc(C(=O)Nc2nnc(Cc3ccc(C)c(C)c3)o2)c1. The van der Waals surface area contributed by atoms with E-state index in [2.05, 4.69) is 41.5 Å². The molecule has 0 saturated carbocycles. The summed E-state index contributed by atoms with van der Waals surface area (Å²) in [6.45, 7) is 4.13. The van der Waals surface area contributed by atoms with Crippen LogP contribution in [0.5, 0.6) is 5.75 Å². The van der Waals surface area contributed by atoms with Crippen molar-refractivity contribution in [3.05, 3.63) is 70.6 Å². The highest BCUT2D eigenvalue weighted by molar-refractivity contribution is 6.03. The van der Waals surface area contributed by atoms with Gasteiger partial charge in [0.05, 0.1) is 13.5 Å². The van der Waals surface area contributed by atoms with Gasteiger partial charge in [-0.1, -0.05) is 29.4 Å². The van der Waals surface area contributed by atoms with Crippen LogP contribution in [0.25, 0.3) is 0 Å². The van der Waals surface area contributed by atoms with Gasteiger partial charge in [-0.05, 0) is 48.7 Å². The van der Waals surface area contributed by atoms with Gasteiger partial charge in [0.25, 0.3) is 5.91 Å². The number of methoxy groups -OCH3 is 1. The van der Waals surface area contributed by atoms with E-state index in [-0.39, 0.29) is 11.9 Å². The first-order chi connectivity index (χ1) is 12.0. The molecule has 3 rings (SSSR count). The molecule has 1 amide bonds. The Morgan fingerprint density at radius 3 is 2.72 bits per heavy atom. The Morgan fingerprint density at radius 2 is 1.96 bits per heavy atom. The van der Waals surface area contributed by atoms with Crippen LogP contribution in [0.3, 0.4) is 0 Å². The van der Waals surface area contributed by atoms with Crippen molar-refractivity contribution in [2.24, 2.45) is 0 Å². The fourth-order valence-electron chi connectivity index (χ4n) is 2.40. The van der Waals surface area contributed by atoms with Crippen molar-refractivity contribution < 1.29 is 13.9 Å². The van der Waals surface area contributed by atoms with Crippen molar-refractivity contribution in [3.8, 4) is 5.75 Å². The fourth-order valence-corrected chi connectivity index (χ4v) is 2.40. The number of rotatable bonds is 5.